The summed E-state index contributed by atoms with van der Waals surface area (Å²) in [5.74, 6) is 1.67. The second-order valence-corrected chi connectivity index (χ2v) is 7.96. The molecule has 0 spiro atoms. The first-order valence-corrected chi connectivity index (χ1v) is 8.13. The second kappa shape index (κ2) is 5.37. The summed E-state index contributed by atoms with van der Waals surface area (Å²) in [6.45, 7) is 10.9. The number of aliphatic hydroxyl groups excluding tert-OH is 1. The lowest BCUT2D eigenvalue weighted by Crippen LogP contribution is -2.41. The second-order valence-electron chi connectivity index (χ2n) is 7.96. The SMILES string of the molecule is CCC1CCC(C(O)C2CC(C)(C)OC2(C)C)CC1. The average Bonchev–Trinajstić information content (AvgIpc) is 2.56. The van der Waals surface area contributed by atoms with Crippen LogP contribution in [0.4, 0.5) is 0 Å². The van der Waals surface area contributed by atoms with E-state index in [1.165, 1.54) is 32.1 Å². The summed E-state index contributed by atoms with van der Waals surface area (Å²) in [7, 11) is 0. The van der Waals surface area contributed by atoms with Crippen LogP contribution >= 0.6 is 0 Å². The van der Waals surface area contributed by atoms with Crippen molar-refractivity contribution in [2.75, 3.05) is 0 Å². The van der Waals surface area contributed by atoms with Crippen LogP contribution in [0.1, 0.15) is 73.1 Å². The zero-order chi connectivity index (χ0) is 14.3. The lowest BCUT2D eigenvalue weighted by molar-refractivity contribution is -0.0961. The van der Waals surface area contributed by atoms with E-state index in [9.17, 15) is 5.11 Å². The van der Waals surface area contributed by atoms with Gasteiger partial charge in [-0.15, -0.1) is 0 Å². The molecule has 1 saturated heterocycles. The Morgan fingerprint density at radius 1 is 1.11 bits per heavy atom. The molecule has 0 radical (unpaired) electrons. The molecule has 1 N–H and O–H groups in total. The first-order valence-electron chi connectivity index (χ1n) is 8.13. The number of hydrogen-bond donors (Lipinski definition) is 1. The van der Waals surface area contributed by atoms with Gasteiger partial charge in [0, 0.05) is 5.92 Å². The number of ether oxygens (including phenoxy) is 1. The molecule has 112 valence electrons. The topological polar surface area (TPSA) is 29.5 Å². The zero-order valence-electron chi connectivity index (χ0n) is 13.4. The molecule has 0 aromatic heterocycles. The Kier molecular flexibility index (Phi) is 4.32. The third-order valence-electron chi connectivity index (χ3n) is 5.51. The van der Waals surface area contributed by atoms with Crippen molar-refractivity contribution in [2.45, 2.75) is 90.4 Å². The normalized spacial score (nSPS) is 39.2. The minimum absolute atomic E-state index is 0.0875. The van der Waals surface area contributed by atoms with E-state index in [1.807, 2.05) is 0 Å². The van der Waals surface area contributed by atoms with Crippen LogP contribution in [0.25, 0.3) is 0 Å². The molecular weight excluding hydrogens is 236 g/mol. The maximum Gasteiger partial charge on any atom is 0.0687 e. The van der Waals surface area contributed by atoms with Crippen LogP contribution in [-0.4, -0.2) is 22.4 Å². The Hall–Kier alpha value is -0.0800. The first kappa shape index (κ1) is 15.3. The van der Waals surface area contributed by atoms with Gasteiger partial charge in [-0.3, -0.25) is 0 Å². The predicted octanol–water partition coefficient (Wildman–Crippen LogP) is 4.16. The highest BCUT2D eigenvalue weighted by molar-refractivity contribution is 4.99. The van der Waals surface area contributed by atoms with Gasteiger partial charge in [-0.1, -0.05) is 26.2 Å². The van der Waals surface area contributed by atoms with E-state index in [-0.39, 0.29) is 23.2 Å². The number of aliphatic hydroxyl groups is 1. The van der Waals surface area contributed by atoms with Crippen molar-refractivity contribution in [3.63, 3.8) is 0 Å². The highest BCUT2D eigenvalue weighted by Crippen LogP contribution is 2.47. The predicted molar refractivity (Wildman–Crippen MR) is 79.1 cm³/mol. The van der Waals surface area contributed by atoms with Crippen molar-refractivity contribution < 1.29 is 9.84 Å². The van der Waals surface area contributed by atoms with Crippen LogP contribution in [0.5, 0.6) is 0 Å². The van der Waals surface area contributed by atoms with Crippen LogP contribution < -0.4 is 0 Å². The summed E-state index contributed by atoms with van der Waals surface area (Å²) in [6.07, 6.45) is 7.10. The highest BCUT2D eigenvalue weighted by atomic mass is 16.5. The lowest BCUT2D eigenvalue weighted by Gasteiger charge is -2.37. The van der Waals surface area contributed by atoms with Gasteiger partial charge in [-0.25, -0.2) is 0 Å². The molecule has 0 aromatic carbocycles. The van der Waals surface area contributed by atoms with Crippen molar-refractivity contribution in [1.82, 2.24) is 0 Å². The van der Waals surface area contributed by atoms with Crippen molar-refractivity contribution in [3.05, 3.63) is 0 Å². The molecule has 0 aromatic rings. The van der Waals surface area contributed by atoms with Gasteiger partial charge in [-0.05, 0) is 58.8 Å². The zero-order valence-corrected chi connectivity index (χ0v) is 13.4. The molecule has 2 atom stereocenters. The summed E-state index contributed by atoms with van der Waals surface area (Å²) in [5.41, 5.74) is -0.277. The van der Waals surface area contributed by atoms with E-state index in [2.05, 4.69) is 34.6 Å². The largest absolute Gasteiger partial charge is 0.392 e. The quantitative estimate of drug-likeness (QED) is 0.833. The Morgan fingerprint density at radius 3 is 2.11 bits per heavy atom. The first-order chi connectivity index (χ1) is 8.75. The molecule has 1 saturated carbocycles. The summed E-state index contributed by atoms with van der Waals surface area (Å²) >= 11 is 0. The van der Waals surface area contributed by atoms with Gasteiger partial charge in [0.1, 0.15) is 0 Å². The Bertz CT molecular complexity index is 300. The Balaban J connectivity index is 1.98. The summed E-state index contributed by atoms with van der Waals surface area (Å²) in [5, 5.41) is 10.8. The molecule has 2 nitrogen and oxygen atoms in total. The molecule has 2 fully saturated rings. The van der Waals surface area contributed by atoms with Crippen LogP contribution in [0.2, 0.25) is 0 Å². The fourth-order valence-corrected chi connectivity index (χ4v) is 4.40. The third kappa shape index (κ3) is 3.33. The van der Waals surface area contributed by atoms with Gasteiger partial charge in [0.15, 0.2) is 0 Å². The monoisotopic (exact) mass is 268 g/mol. The van der Waals surface area contributed by atoms with E-state index in [0.717, 1.165) is 12.3 Å². The smallest absolute Gasteiger partial charge is 0.0687 e. The fraction of sp³-hybridized carbons (Fsp3) is 1.00. The van der Waals surface area contributed by atoms with Crippen molar-refractivity contribution in [3.8, 4) is 0 Å². The minimum Gasteiger partial charge on any atom is -0.392 e. The van der Waals surface area contributed by atoms with Crippen molar-refractivity contribution in [2.24, 2.45) is 17.8 Å². The maximum atomic E-state index is 10.8. The molecule has 1 aliphatic carbocycles. The van der Waals surface area contributed by atoms with Crippen molar-refractivity contribution >= 4 is 0 Å². The van der Waals surface area contributed by atoms with E-state index in [0.29, 0.717) is 5.92 Å². The molecule has 19 heavy (non-hydrogen) atoms. The molecule has 0 amide bonds. The van der Waals surface area contributed by atoms with Gasteiger partial charge in [0.2, 0.25) is 0 Å². The maximum absolute atomic E-state index is 10.8. The molecule has 0 bridgehead atoms. The van der Waals surface area contributed by atoms with E-state index >= 15 is 0 Å². The highest BCUT2D eigenvalue weighted by Gasteiger charge is 2.50. The number of rotatable bonds is 3. The summed E-state index contributed by atoms with van der Waals surface area (Å²) in [6, 6.07) is 0. The molecular formula is C17H32O2. The Labute approximate surface area is 118 Å². The van der Waals surface area contributed by atoms with Gasteiger partial charge >= 0.3 is 0 Å². The molecule has 2 unspecified atom stereocenters. The fourth-order valence-electron chi connectivity index (χ4n) is 4.40. The van der Waals surface area contributed by atoms with Crippen LogP contribution in [-0.2, 0) is 4.74 Å². The van der Waals surface area contributed by atoms with E-state index < -0.39 is 0 Å². The molecule has 1 aliphatic heterocycles. The van der Waals surface area contributed by atoms with Gasteiger partial charge in [-0.2, -0.15) is 0 Å². The molecule has 2 rings (SSSR count). The van der Waals surface area contributed by atoms with Crippen molar-refractivity contribution in [1.29, 1.82) is 0 Å². The van der Waals surface area contributed by atoms with E-state index in [4.69, 9.17) is 4.74 Å². The van der Waals surface area contributed by atoms with Gasteiger partial charge in [0.25, 0.3) is 0 Å². The molecule has 2 aliphatic rings. The molecule has 2 heteroatoms. The van der Waals surface area contributed by atoms with E-state index in [1.54, 1.807) is 0 Å². The summed E-state index contributed by atoms with van der Waals surface area (Å²) < 4.78 is 6.14. The third-order valence-corrected chi connectivity index (χ3v) is 5.51. The standard InChI is InChI=1S/C17H32O2/c1-6-12-7-9-13(10-8-12)15(18)14-11-16(2,3)19-17(14,4)5/h12-15,18H,6-11H2,1-5H3. The minimum atomic E-state index is -0.190. The van der Waals surface area contributed by atoms with Crippen LogP contribution in [0.3, 0.4) is 0 Å². The average molecular weight is 268 g/mol. The number of hydrogen-bond acceptors (Lipinski definition) is 2. The Morgan fingerprint density at radius 2 is 1.68 bits per heavy atom. The van der Waals surface area contributed by atoms with Crippen LogP contribution in [0, 0.1) is 17.8 Å². The summed E-state index contributed by atoms with van der Waals surface area (Å²) in [4.78, 5) is 0. The lowest BCUT2D eigenvalue weighted by atomic mass is 9.71. The van der Waals surface area contributed by atoms with Crippen LogP contribution in [0.15, 0.2) is 0 Å². The molecule has 1 heterocycles. The van der Waals surface area contributed by atoms with Gasteiger partial charge in [0.05, 0.1) is 17.3 Å². The van der Waals surface area contributed by atoms with Gasteiger partial charge < -0.3 is 9.84 Å².